The van der Waals surface area contributed by atoms with Crippen molar-refractivity contribution in [1.29, 1.82) is 10.8 Å². The molecule has 282 valence electrons. The number of anilines is 2. The summed E-state index contributed by atoms with van der Waals surface area (Å²) in [6.45, 7) is 7.56. The number of aromatic nitrogens is 3. The highest BCUT2D eigenvalue weighted by Gasteiger charge is 2.22. The van der Waals surface area contributed by atoms with Gasteiger partial charge >= 0.3 is 0 Å². The number of ketones is 1. The maximum Gasteiger partial charge on any atom is 0.236 e. The molecule has 3 heterocycles. The average Bonchev–Trinajstić information content (AvgIpc) is 3.59. The molecule has 0 saturated heterocycles. The molecule has 3 aromatic heterocycles. The van der Waals surface area contributed by atoms with Crippen LogP contribution in [-0.2, 0) is 11.2 Å². The maximum atomic E-state index is 15.4. The Bertz CT molecular complexity index is 2170. The van der Waals surface area contributed by atoms with Crippen LogP contribution in [0.1, 0.15) is 74.4 Å². The zero-order chi connectivity index (χ0) is 38.9. The van der Waals surface area contributed by atoms with E-state index in [0.717, 1.165) is 24.0 Å². The Labute approximate surface area is 313 Å². The van der Waals surface area contributed by atoms with Crippen LogP contribution in [0.3, 0.4) is 0 Å². The number of benzene rings is 2. The molecule has 0 aliphatic heterocycles. The normalized spacial score (nSPS) is 12.3. The van der Waals surface area contributed by atoms with Crippen molar-refractivity contribution in [2.45, 2.75) is 72.3 Å². The number of carbonyl (C=O) groups is 2. The van der Waals surface area contributed by atoms with E-state index < -0.39 is 17.7 Å². The number of Topliss-reactive ketones (excluding diaryl/α,β-unsaturated/α-hetero) is 1. The van der Waals surface area contributed by atoms with E-state index in [4.69, 9.17) is 21.3 Å². The number of unbranched alkanes of at least 4 members (excludes halogenated alkanes) is 1. The topological polar surface area (TPSA) is 171 Å². The first-order chi connectivity index (χ1) is 25.9. The molecule has 13 heteroatoms. The second kappa shape index (κ2) is 17.8. The van der Waals surface area contributed by atoms with Gasteiger partial charge in [-0.15, -0.1) is 0 Å². The number of fused-ring (bicyclic) bond motifs is 1. The van der Waals surface area contributed by atoms with E-state index in [9.17, 15) is 9.59 Å². The van der Waals surface area contributed by atoms with Crippen LogP contribution >= 0.6 is 0 Å². The van der Waals surface area contributed by atoms with Gasteiger partial charge in [0, 0.05) is 65.6 Å². The fraction of sp³-hybridized carbons (Fsp3) is 0.317. The van der Waals surface area contributed by atoms with Crippen molar-refractivity contribution in [3.05, 3.63) is 102 Å². The number of nitrogens with zero attached hydrogens (tertiary/aromatic N) is 3. The van der Waals surface area contributed by atoms with Crippen molar-refractivity contribution in [2.24, 2.45) is 11.7 Å². The third kappa shape index (κ3) is 9.58. The molecule has 0 fully saturated rings. The highest BCUT2D eigenvalue weighted by Crippen LogP contribution is 2.34. The van der Waals surface area contributed by atoms with Crippen LogP contribution in [0.15, 0.2) is 73.2 Å². The van der Waals surface area contributed by atoms with Crippen molar-refractivity contribution in [3.63, 3.8) is 0 Å². The number of imidazole rings is 1. The summed E-state index contributed by atoms with van der Waals surface area (Å²) >= 11 is 0. The number of rotatable bonds is 18. The number of nitrogens with one attached hydrogen (secondary N) is 4. The van der Waals surface area contributed by atoms with Crippen molar-refractivity contribution >= 4 is 40.1 Å². The minimum atomic E-state index is -1.14. The Morgan fingerprint density at radius 1 is 1.02 bits per heavy atom. The number of hydrogen-bond acceptors (Lipinski definition) is 9. The van der Waals surface area contributed by atoms with Gasteiger partial charge in [0.05, 0.1) is 23.6 Å². The van der Waals surface area contributed by atoms with Crippen molar-refractivity contribution < 1.29 is 23.1 Å². The van der Waals surface area contributed by atoms with Crippen LogP contribution in [0, 0.1) is 35.3 Å². The van der Waals surface area contributed by atoms with Gasteiger partial charge in [-0.05, 0) is 93.1 Å². The summed E-state index contributed by atoms with van der Waals surface area (Å²) in [7, 11) is 0. The largest absolute Gasteiger partial charge is 0.436 e. The van der Waals surface area contributed by atoms with Crippen LogP contribution in [-0.4, -0.2) is 50.1 Å². The van der Waals surface area contributed by atoms with Gasteiger partial charge in [0.1, 0.15) is 0 Å². The number of nitrogens with two attached hydrogens (primary N) is 1. The van der Waals surface area contributed by atoms with E-state index in [2.05, 4.69) is 20.6 Å². The number of aryl methyl sites for hydroxylation is 2. The first-order valence-corrected chi connectivity index (χ1v) is 18.0. The number of hydrogen-bond donors (Lipinski definition) is 5. The summed E-state index contributed by atoms with van der Waals surface area (Å²) in [6, 6.07) is 14.4. The second-order valence-corrected chi connectivity index (χ2v) is 13.5. The van der Waals surface area contributed by atoms with Crippen molar-refractivity contribution in [1.82, 2.24) is 19.7 Å². The molecule has 0 bridgehead atoms. The van der Waals surface area contributed by atoms with Crippen LogP contribution in [0.25, 0.3) is 16.9 Å². The molecule has 0 unspecified atom stereocenters. The lowest BCUT2D eigenvalue weighted by molar-refractivity contribution is -0.122. The van der Waals surface area contributed by atoms with Gasteiger partial charge < -0.3 is 31.9 Å². The molecule has 2 aromatic carbocycles. The predicted molar refractivity (Wildman–Crippen MR) is 207 cm³/mol. The first kappa shape index (κ1) is 39.4. The molecule has 5 aromatic rings. The second-order valence-electron chi connectivity index (χ2n) is 13.5. The maximum absolute atomic E-state index is 15.4. The van der Waals surface area contributed by atoms with Gasteiger partial charge in [0.15, 0.2) is 23.0 Å². The van der Waals surface area contributed by atoms with Crippen molar-refractivity contribution in [2.75, 3.05) is 11.9 Å². The molecule has 5 rings (SSSR count). The summed E-state index contributed by atoms with van der Waals surface area (Å²) < 4.78 is 37.8. The Balaban J connectivity index is 1.23. The highest BCUT2D eigenvalue weighted by atomic mass is 19.2. The highest BCUT2D eigenvalue weighted by molar-refractivity contribution is 6.10. The lowest BCUT2D eigenvalue weighted by Gasteiger charge is -2.17. The molecule has 6 N–H and O–H groups in total. The Kier molecular flexibility index (Phi) is 13.0. The molecule has 1 amide bonds. The Morgan fingerprint density at radius 2 is 1.81 bits per heavy atom. The van der Waals surface area contributed by atoms with E-state index in [1.54, 1.807) is 61.0 Å². The van der Waals surface area contributed by atoms with Gasteiger partial charge in [0.25, 0.3) is 0 Å². The number of halogens is 2. The lowest BCUT2D eigenvalue weighted by atomic mass is 9.94. The molecule has 0 radical (unpaired) electrons. The number of ether oxygens (including phenoxy) is 1. The molecule has 0 aliphatic carbocycles. The summed E-state index contributed by atoms with van der Waals surface area (Å²) in [5, 5.41) is 22.2. The van der Waals surface area contributed by atoms with E-state index in [-0.39, 0.29) is 53.5 Å². The smallest absolute Gasteiger partial charge is 0.236 e. The van der Waals surface area contributed by atoms with Crippen molar-refractivity contribution in [3.8, 4) is 22.9 Å². The summed E-state index contributed by atoms with van der Waals surface area (Å²) in [5.41, 5.74) is 11.2. The Morgan fingerprint density at radius 3 is 2.54 bits per heavy atom. The quantitative estimate of drug-likeness (QED) is 0.0342. The number of carbonyl (C=O) groups excluding carboxylic acids is 2. The van der Waals surface area contributed by atoms with Crippen LogP contribution in [0.2, 0.25) is 0 Å². The molecule has 0 spiro atoms. The van der Waals surface area contributed by atoms with Gasteiger partial charge in [-0.3, -0.25) is 14.0 Å². The van der Waals surface area contributed by atoms with Crippen LogP contribution in [0.5, 0.6) is 11.6 Å². The van der Waals surface area contributed by atoms with Gasteiger partial charge in [-0.1, -0.05) is 26.3 Å². The standard InChI is InChI=1S/C41H46F2N8O3/c1-5-27-19-28(13-14-29(27)35(52)20-32(46)25(3)22-49-41(53)31(45)10-7-6-9-26(4)44)50-33-11-8-18-51-34(23-48-40(33)51)30-15-16-36(39(43)38(30)42)54-37-17-12-24(2)21-47-37/h8,11-19,21,23,25,31,44,46,50H,5-7,9-10,20,22,45H2,1-4H3,(H,49,53)/t25-,31+/m0/s1. The van der Waals surface area contributed by atoms with Gasteiger partial charge in [-0.25, -0.2) is 14.4 Å². The van der Waals surface area contributed by atoms with E-state index in [1.165, 1.54) is 18.3 Å². The predicted octanol–water partition coefficient (Wildman–Crippen LogP) is 8.35. The summed E-state index contributed by atoms with van der Waals surface area (Å²) in [5.74, 6) is -3.21. The molecule has 0 saturated carbocycles. The third-order valence-corrected chi connectivity index (χ3v) is 9.20. The molecule has 54 heavy (non-hydrogen) atoms. The number of amides is 1. The fourth-order valence-corrected chi connectivity index (χ4v) is 5.97. The van der Waals surface area contributed by atoms with E-state index in [1.807, 2.05) is 26.0 Å². The van der Waals surface area contributed by atoms with E-state index >= 15 is 8.78 Å². The van der Waals surface area contributed by atoms with Crippen LogP contribution in [0.4, 0.5) is 20.2 Å². The summed E-state index contributed by atoms with van der Waals surface area (Å²) in [4.78, 5) is 34.4. The molecular formula is C41H46F2N8O3. The van der Waals surface area contributed by atoms with Crippen LogP contribution < -0.4 is 21.1 Å². The lowest BCUT2D eigenvalue weighted by Crippen LogP contribution is -2.43. The first-order valence-electron chi connectivity index (χ1n) is 18.0. The molecular weight excluding hydrogens is 690 g/mol. The molecule has 11 nitrogen and oxygen atoms in total. The minimum absolute atomic E-state index is 0.00422. The SMILES string of the molecule is CCc1cc(Nc2cccn3c(-c4ccc(Oc5ccc(C)cn5)c(F)c4F)cnc23)ccc1C(=O)CC(=N)[C@@H](C)CNC(=O)[C@H](N)CCCCC(C)=N. The molecule has 0 aliphatic rings. The zero-order valence-corrected chi connectivity index (χ0v) is 30.9. The minimum Gasteiger partial charge on any atom is -0.436 e. The number of pyridine rings is 2. The zero-order valence-electron chi connectivity index (χ0n) is 30.9. The molecule has 2 atom stereocenters. The fourth-order valence-electron chi connectivity index (χ4n) is 5.97. The Hall–Kier alpha value is -5.82. The monoisotopic (exact) mass is 736 g/mol. The summed E-state index contributed by atoms with van der Waals surface area (Å²) in [6.07, 6.45) is 8.00. The van der Waals surface area contributed by atoms with Gasteiger partial charge in [-0.2, -0.15) is 4.39 Å². The van der Waals surface area contributed by atoms with E-state index in [0.29, 0.717) is 53.3 Å². The third-order valence-electron chi connectivity index (χ3n) is 9.20. The van der Waals surface area contributed by atoms with Gasteiger partial charge in [0.2, 0.25) is 17.6 Å². The average molecular weight is 737 g/mol.